The van der Waals surface area contributed by atoms with Crippen molar-refractivity contribution in [2.24, 2.45) is 11.5 Å². The van der Waals surface area contributed by atoms with Crippen LogP contribution in [0, 0.1) is 6.92 Å². The van der Waals surface area contributed by atoms with Gasteiger partial charge >= 0.3 is 0 Å². The number of para-hydroxylation sites is 2. The topological polar surface area (TPSA) is 78.1 Å². The van der Waals surface area contributed by atoms with Gasteiger partial charge in [-0.05, 0) is 85.4 Å². The van der Waals surface area contributed by atoms with Crippen LogP contribution >= 0.6 is 0 Å². The van der Waals surface area contributed by atoms with Crippen molar-refractivity contribution in [3.8, 4) is 33.4 Å². The van der Waals surface area contributed by atoms with Crippen molar-refractivity contribution in [3.63, 3.8) is 0 Å². The maximum absolute atomic E-state index is 6.25. The summed E-state index contributed by atoms with van der Waals surface area (Å²) in [5.74, 6) is 0. The number of rotatable bonds is 6. The Hall–Kier alpha value is -6.33. The third-order valence-electron chi connectivity index (χ3n) is 9.07. The summed E-state index contributed by atoms with van der Waals surface area (Å²) in [6.07, 6.45) is 11.0. The van der Waals surface area contributed by atoms with Gasteiger partial charge in [0, 0.05) is 46.6 Å². The Labute approximate surface area is 360 Å². The first kappa shape index (κ1) is 48.0. The van der Waals surface area contributed by atoms with E-state index in [1.54, 1.807) is 6.08 Å². The summed E-state index contributed by atoms with van der Waals surface area (Å²) in [5, 5.41) is 3.44. The third kappa shape index (κ3) is 13.9. The monoisotopic (exact) mass is 796 g/mol. The summed E-state index contributed by atoms with van der Waals surface area (Å²) in [6.45, 7) is 20.9. The van der Waals surface area contributed by atoms with Crippen molar-refractivity contribution >= 4 is 32.8 Å². The molecule has 0 radical (unpaired) electrons. The molecule has 0 amide bonds. The number of aromatic nitrogens is 1. The van der Waals surface area contributed by atoms with Crippen molar-refractivity contribution in [2.75, 3.05) is 6.54 Å². The smallest absolute Gasteiger partial charge is 0.143 e. The maximum atomic E-state index is 6.25. The van der Waals surface area contributed by atoms with Crippen molar-refractivity contribution in [1.29, 1.82) is 0 Å². The molecule has 0 aliphatic rings. The number of hydrogen-bond acceptors (Lipinski definition) is 4. The second kappa shape index (κ2) is 26.6. The van der Waals surface area contributed by atoms with Crippen LogP contribution in [0.4, 0.5) is 0 Å². The highest BCUT2D eigenvalue weighted by Crippen LogP contribution is 2.36. The zero-order valence-corrected chi connectivity index (χ0v) is 37.1. The van der Waals surface area contributed by atoms with Crippen molar-refractivity contribution in [3.05, 3.63) is 199 Å². The minimum atomic E-state index is 0.640. The van der Waals surface area contributed by atoms with E-state index in [0.29, 0.717) is 13.1 Å². The summed E-state index contributed by atoms with van der Waals surface area (Å²) < 4.78 is 6.25. The van der Waals surface area contributed by atoms with E-state index in [2.05, 4.69) is 130 Å². The van der Waals surface area contributed by atoms with E-state index in [1.165, 1.54) is 34.2 Å². The molecule has 0 saturated heterocycles. The zero-order chi connectivity index (χ0) is 43.7. The van der Waals surface area contributed by atoms with Crippen LogP contribution in [0.5, 0.6) is 0 Å². The number of aryl methyl sites for hydroxylation is 1. The van der Waals surface area contributed by atoms with Crippen LogP contribution in [0.3, 0.4) is 0 Å². The summed E-state index contributed by atoms with van der Waals surface area (Å²) in [5.41, 5.74) is 24.1. The van der Waals surface area contributed by atoms with E-state index in [0.717, 1.165) is 55.1 Å². The first-order chi connectivity index (χ1) is 29.3. The molecule has 8 aromatic rings. The number of nitrogens with zero attached hydrogens (tertiary/aromatic N) is 1. The van der Waals surface area contributed by atoms with Gasteiger partial charge in [-0.3, -0.25) is 4.98 Å². The second-order valence-electron chi connectivity index (χ2n) is 13.7. The van der Waals surface area contributed by atoms with Gasteiger partial charge in [0.05, 0.1) is 5.52 Å². The standard InChI is InChI=1S/C34H23NO.C7H9N.C7H13N.C3H8.C3H6.C2H6/c1-22-9-11-23(12-10-22)26-17-18-32-27(19-26)20-28(21-35-32)24-13-15-25(16-14-24)29-6-4-7-31-30-5-2-3-8-33(30)36-34(29)31;8-6-7-4-2-1-3-5-7;1-3-5-7(4-2)6-8;2*1-3-2;1-2/h2-21H,1H3;1-5H,6,8H2;3-5H,6,8H2,1-2H3;3H2,1-2H3;3H,1H2,2H3;1-2H3/b;;5-3-,7-4+;;;. The number of allylic oxidation sites excluding steroid dienone is 3. The zero-order valence-electron chi connectivity index (χ0n) is 37.1. The highest BCUT2D eigenvalue weighted by Gasteiger charge is 2.12. The number of pyridine rings is 1. The quantitative estimate of drug-likeness (QED) is 0.130. The lowest BCUT2D eigenvalue weighted by atomic mass is 9.98. The maximum Gasteiger partial charge on any atom is 0.143 e. The molecule has 8 rings (SSSR count). The van der Waals surface area contributed by atoms with Crippen LogP contribution in [0.15, 0.2) is 193 Å². The lowest BCUT2D eigenvalue weighted by Crippen LogP contribution is -1.99. The van der Waals surface area contributed by atoms with Gasteiger partial charge in [-0.2, -0.15) is 0 Å². The van der Waals surface area contributed by atoms with E-state index >= 15 is 0 Å². The number of nitrogens with two attached hydrogens (primary N) is 2. The van der Waals surface area contributed by atoms with Gasteiger partial charge in [-0.1, -0.05) is 185 Å². The van der Waals surface area contributed by atoms with Crippen molar-refractivity contribution in [2.45, 2.75) is 68.4 Å². The lowest BCUT2D eigenvalue weighted by Gasteiger charge is -2.08. The van der Waals surface area contributed by atoms with Crippen LogP contribution in [0.2, 0.25) is 0 Å². The molecule has 0 aliphatic heterocycles. The van der Waals surface area contributed by atoms with E-state index in [1.807, 2.05) is 102 Å². The molecular formula is C56H65N3O. The van der Waals surface area contributed by atoms with Crippen molar-refractivity contribution < 1.29 is 4.42 Å². The van der Waals surface area contributed by atoms with Gasteiger partial charge in [0.15, 0.2) is 0 Å². The molecule has 60 heavy (non-hydrogen) atoms. The molecule has 4 N–H and O–H groups in total. The Morgan fingerprint density at radius 1 is 0.650 bits per heavy atom. The molecule has 0 spiro atoms. The van der Waals surface area contributed by atoms with E-state index in [4.69, 9.17) is 20.9 Å². The van der Waals surface area contributed by atoms with Crippen LogP contribution in [0.1, 0.15) is 66.0 Å². The Bertz CT molecular complexity index is 2510. The number of hydrogen-bond donors (Lipinski definition) is 2. The summed E-state index contributed by atoms with van der Waals surface area (Å²) in [7, 11) is 0. The predicted octanol–water partition coefficient (Wildman–Crippen LogP) is 15.7. The minimum absolute atomic E-state index is 0.640. The molecule has 0 fully saturated rings. The number of benzene rings is 6. The highest BCUT2D eigenvalue weighted by atomic mass is 16.3. The predicted molar refractivity (Wildman–Crippen MR) is 265 cm³/mol. The molecule has 0 unspecified atom stereocenters. The van der Waals surface area contributed by atoms with Gasteiger partial charge in [-0.15, -0.1) is 6.58 Å². The Morgan fingerprint density at radius 3 is 1.78 bits per heavy atom. The third-order valence-corrected chi connectivity index (χ3v) is 9.07. The Kier molecular flexibility index (Phi) is 21.3. The summed E-state index contributed by atoms with van der Waals surface area (Å²) >= 11 is 0. The largest absolute Gasteiger partial charge is 0.455 e. The average Bonchev–Trinajstić information content (AvgIpc) is 3.69. The van der Waals surface area contributed by atoms with Gasteiger partial charge < -0.3 is 15.9 Å². The van der Waals surface area contributed by atoms with Gasteiger partial charge in [0.25, 0.3) is 0 Å². The highest BCUT2D eigenvalue weighted by molar-refractivity contribution is 6.09. The van der Waals surface area contributed by atoms with E-state index in [-0.39, 0.29) is 0 Å². The fourth-order valence-electron chi connectivity index (χ4n) is 6.14. The molecule has 310 valence electrons. The molecule has 6 aromatic carbocycles. The van der Waals surface area contributed by atoms with Crippen molar-refractivity contribution in [1.82, 2.24) is 4.98 Å². The van der Waals surface area contributed by atoms with E-state index < -0.39 is 0 Å². The SMILES string of the molecule is C/C=C\C(=C/C)CN.C=CC.CC.CCC.Cc1ccc(-c2ccc3ncc(-c4ccc(-c5cccc6c5oc5ccccc56)cc4)cc3c2)cc1.NCc1ccccc1. The van der Waals surface area contributed by atoms with Crippen LogP contribution in [0.25, 0.3) is 66.2 Å². The molecular weight excluding hydrogens is 731 g/mol. The summed E-state index contributed by atoms with van der Waals surface area (Å²) in [4.78, 5) is 4.74. The molecule has 0 aliphatic carbocycles. The van der Waals surface area contributed by atoms with Gasteiger partial charge in [0.2, 0.25) is 0 Å². The molecule has 2 heterocycles. The molecule has 0 saturated carbocycles. The van der Waals surface area contributed by atoms with Gasteiger partial charge in [-0.25, -0.2) is 0 Å². The molecule has 4 nitrogen and oxygen atoms in total. The minimum Gasteiger partial charge on any atom is -0.455 e. The molecule has 2 aromatic heterocycles. The fourth-order valence-corrected chi connectivity index (χ4v) is 6.14. The second-order valence-corrected chi connectivity index (χ2v) is 13.7. The normalized spacial score (nSPS) is 10.5. The van der Waals surface area contributed by atoms with Crippen LogP contribution in [-0.2, 0) is 6.54 Å². The van der Waals surface area contributed by atoms with Crippen LogP contribution in [-0.4, -0.2) is 11.5 Å². The fraction of sp³-hybridized carbons (Fsp3) is 0.196. The molecule has 4 heteroatoms. The van der Waals surface area contributed by atoms with E-state index in [9.17, 15) is 0 Å². The Balaban J connectivity index is 0.000000330. The molecule has 0 bridgehead atoms. The number of fused-ring (bicyclic) bond motifs is 4. The van der Waals surface area contributed by atoms with Crippen LogP contribution < -0.4 is 11.5 Å². The first-order valence-electron chi connectivity index (χ1n) is 21.1. The first-order valence-corrected chi connectivity index (χ1v) is 21.1. The lowest BCUT2D eigenvalue weighted by molar-refractivity contribution is 0.670. The average molecular weight is 796 g/mol. The number of furan rings is 1. The van der Waals surface area contributed by atoms with Gasteiger partial charge in [0.1, 0.15) is 11.2 Å². The summed E-state index contributed by atoms with van der Waals surface area (Å²) in [6, 6.07) is 50.6. The Morgan fingerprint density at radius 2 is 1.20 bits per heavy atom. The molecule has 0 atom stereocenters.